The number of anilines is 1. The van der Waals surface area contributed by atoms with E-state index in [2.05, 4.69) is 11.9 Å². The van der Waals surface area contributed by atoms with E-state index in [1.807, 2.05) is 0 Å². The zero-order valence-electron chi connectivity index (χ0n) is 17.5. The van der Waals surface area contributed by atoms with Gasteiger partial charge in [-0.2, -0.15) is 0 Å². The number of thioether (sulfide) groups is 1. The third-order valence-corrected chi connectivity index (χ3v) is 5.85. The number of ether oxygens (including phenoxy) is 1. The van der Waals surface area contributed by atoms with E-state index in [1.54, 1.807) is 43.3 Å². The van der Waals surface area contributed by atoms with Gasteiger partial charge >= 0.3 is 0 Å². The minimum Gasteiger partial charge on any atom is -0.504 e. The standard InChI is InChI=1S/C23H21ClN2O5S/c1-4-5-15-8-14(9-18(31-3)21(15)28)10-19-22(29)26(23(30)32-19)12-20(27)25-17-11-16(24)7-6-13(17)2/h4,6-11,28H,1,5,12H2,2-3H3,(H,25,27)/b19-10-. The molecule has 0 radical (unpaired) electrons. The molecular formula is C23H21ClN2O5S. The molecule has 0 spiro atoms. The maximum Gasteiger partial charge on any atom is 0.294 e. The second-order valence-corrected chi connectivity index (χ2v) is 8.43. The van der Waals surface area contributed by atoms with Crippen LogP contribution in [0.1, 0.15) is 16.7 Å². The summed E-state index contributed by atoms with van der Waals surface area (Å²) in [6.45, 7) is 5.05. The van der Waals surface area contributed by atoms with Gasteiger partial charge in [0.15, 0.2) is 11.5 Å². The SMILES string of the molecule is C=CCc1cc(/C=C2\SC(=O)N(CC(=O)Nc3cc(Cl)ccc3C)C2=O)cc(OC)c1O. The summed E-state index contributed by atoms with van der Waals surface area (Å²) in [5.74, 6) is -0.856. The largest absolute Gasteiger partial charge is 0.504 e. The molecule has 1 saturated heterocycles. The molecule has 0 saturated carbocycles. The molecule has 166 valence electrons. The highest BCUT2D eigenvalue weighted by Gasteiger charge is 2.36. The van der Waals surface area contributed by atoms with Gasteiger partial charge in [0.2, 0.25) is 5.91 Å². The minimum atomic E-state index is -0.574. The quantitative estimate of drug-likeness (QED) is 0.445. The van der Waals surface area contributed by atoms with E-state index >= 15 is 0 Å². The molecule has 0 aromatic heterocycles. The monoisotopic (exact) mass is 472 g/mol. The van der Waals surface area contributed by atoms with E-state index in [-0.39, 0.29) is 16.4 Å². The van der Waals surface area contributed by atoms with E-state index in [1.165, 1.54) is 13.2 Å². The number of allylic oxidation sites excluding steroid dienone is 1. The number of phenolic OH excluding ortho intramolecular Hbond substituents is 1. The molecule has 1 heterocycles. The zero-order valence-corrected chi connectivity index (χ0v) is 19.0. The second-order valence-electron chi connectivity index (χ2n) is 7.00. The molecule has 0 aliphatic carbocycles. The lowest BCUT2D eigenvalue weighted by molar-refractivity contribution is -0.127. The Bertz CT molecular complexity index is 1150. The van der Waals surface area contributed by atoms with Crippen LogP contribution < -0.4 is 10.1 Å². The van der Waals surface area contributed by atoms with Crippen molar-refractivity contribution < 1.29 is 24.2 Å². The number of nitrogens with one attached hydrogen (secondary N) is 1. The number of imide groups is 1. The van der Waals surface area contributed by atoms with Crippen LogP contribution in [0.2, 0.25) is 5.02 Å². The molecule has 7 nitrogen and oxygen atoms in total. The molecule has 3 amide bonds. The summed E-state index contributed by atoms with van der Waals surface area (Å²) in [5.41, 5.74) is 2.45. The van der Waals surface area contributed by atoms with Crippen LogP contribution in [-0.4, -0.2) is 40.7 Å². The number of amides is 3. The normalized spacial score (nSPS) is 14.7. The molecule has 0 atom stereocenters. The predicted octanol–water partition coefficient (Wildman–Crippen LogP) is 4.77. The number of carbonyl (C=O) groups is 3. The number of nitrogens with zero attached hydrogens (tertiary/aromatic N) is 1. The summed E-state index contributed by atoms with van der Waals surface area (Å²) in [5, 5.41) is 12.8. The number of methoxy groups -OCH3 is 1. The van der Waals surface area contributed by atoms with E-state index in [4.69, 9.17) is 16.3 Å². The summed E-state index contributed by atoms with van der Waals surface area (Å²) >= 11 is 6.71. The van der Waals surface area contributed by atoms with Crippen molar-refractivity contribution in [2.75, 3.05) is 19.0 Å². The number of hydrogen-bond donors (Lipinski definition) is 2. The fourth-order valence-corrected chi connectivity index (χ4v) is 4.10. The van der Waals surface area contributed by atoms with E-state index < -0.39 is 23.6 Å². The number of carbonyl (C=O) groups excluding carboxylic acids is 3. The van der Waals surface area contributed by atoms with Crippen molar-refractivity contribution in [1.29, 1.82) is 0 Å². The average molecular weight is 473 g/mol. The van der Waals surface area contributed by atoms with Gasteiger partial charge in [-0.25, -0.2) is 0 Å². The Balaban J connectivity index is 1.79. The van der Waals surface area contributed by atoms with Gasteiger partial charge in [-0.15, -0.1) is 6.58 Å². The van der Waals surface area contributed by atoms with Crippen LogP contribution in [-0.2, 0) is 16.0 Å². The first-order chi connectivity index (χ1) is 15.2. The van der Waals surface area contributed by atoms with E-state index in [0.29, 0.717) is 28.3 Å². The topological polar surface area (TPSA) is 95.9 Å². The van der Waals surface area contributed by atoms with Crippen LogP contribution in [0, 0.1) is 6.92 Å². The lowest BCUT2D eigenvalue weighted by Crippen LogP contribution is -2.36. The van der Waals surface area contributed by atoms with E-state index in [9.17, 15) is 19.5 Å². The van der Waals surface area contributed by atoms with E-state index in [0.717, 1.165) is 22.2 Å². The molecule has 2 aromatic rings. The molecule has 1 aliphatic heterocycles. The van der Waals surface area contributed by atoms with Gasteiger partial charge in [0.1, 0.15) is 6.54 Å². The van der Waals surface area contributed by atoms with Gasteiger partial charge < -0.3 is 15.2 Å². The summed E-state index contributed by atoms with van der Waals surface area (Å²) in [7, 11) is 1.42. The van der Waals surface area contributed by atoms with Crippen molar-refractivity contribution in [3.63, 3.8) is 0 Å². The van der Waals surface area contributed by atoms with Crippen molar-refractivity contribution in [3.05, 3.63) is 69.6 Å². The van der Waals surface area contributed by atoms with Crippen molar-refractivity contribution in [1.82, 2.24) is 4.90 Å². The van der Waals surface area contributed by atoms with Crippen molar-refractivity contribution in [2.24, 2.45) is 0 Å². The number of aromatic hydroxyl groups is 1. The summed E-state index contributed by atoms with van der Waals surface area (Å²) < 4.78 is 5.19. The lowest BCUT2D eigenvalue weighted by atomic mass is 10.1. The third kappa shape index (κ3) is 5.15. The van der Waals surface area contributed by atoms with Crippen LogP contribution in [0.25, 0.3) is 6.08 Å². The average Bonchev–Trinajstić information content (AvgIpc) is 3.00. The summed E-state index contributed by atoms with van der Waals surface area (Å²) in [6, 6.07) is 8.30. The maximum atomic E-state index is 12.8. The van der Waals surface area contributed by atoms with Gasteiger partial charge in [0.05, 0.1) is 12.0 Å². The Morgan fingerprint density at radius 2 is 2.06 bits per heavy atom. The number of rotatable bonds is 7. The first-order valence-corrected chi connectivity index (χ1v) is 10.7. The molecule has 9 heteroatoms. The predicted molar refractivity (Wildman–Crippen MR) is 126 cm³/mol. The molecule has 32 heavy (non-hydrogen) atoms. The van der Waals surface area contributed by atoms with Crippen LogP contribution in [0.5, 0.6) is 11.5 Å². The highest BCUT2D eigenvalue weighted by Crippen LogP contribution is 2.36. The minimum absolute atomic E-state index is 0.00867. The van der Waals surface area contributed by atoms with Crippen molar-refractivity contribution >= 4 is 52.2 Å². The fraction of sp³-hybridized carbons (Fsp3) is 0.174. The summed E-state index contributed by atoms with van der Waals surface area (Å²) in [4.78, 5) is 38.7. The van der Waals surface area contributed by atoms with Gasteiger partial charge in [0, 0.05) is 16.3 Å². The number of hydrogen-bond acceptors (Lipinski definition) is 6. The van der Waals surface area contributed by atoms with Gasteiger partial charge in [-0.3, -0.25) is 19.3 Å². The Hall–Kier alpha value is -3.23. The third-order valence-electron chi connectivity index (χ3n) is 4.71. The lowest BCUT2D eigenvalue weighted by Gasteiger charge is -2.14. The first-order valence-electron chi connectivity index (χ1n) is 9.55. The maximum absolute atomic E-state index is 12.8. The molecule has 0 unspecified atom stereocenters. The first kappa shape index (κ1) is 23.4. The Morgan fingerprint density at radius 1 is 1.31 bits per heavy atom. The second kappa shape index (κ2) is 9.93. The number of aryl methyl sites for hydroxylation is 1. The van der Waals surface area contributed by atoms with Gasteiger partial charge in [-0.05, 0) is 66.6 Å². The van der Waals surface area contributed by atoms with Crippen molar-refractivity contribution in [2.45, 2.75) is 13.3 Å². The van der Waals surface area contributed by atoms with Crippen LogP contribution >= 0.6 is 23.4 Å². The molecule has 1 aliphatic rings. The molecule has 2 N–H and O–H groups in total. The Labute approximate surface area is 194 Å². The molecule has 3 rings (SSSR count). The highest BCUT2D eigenvalue weighted by molar-refractivity contribution is 8.18. The number of benzene rings is 2. The molecule has 2 aromatic carbocycles. The van der Waals surface area contributed by atoms with Crippen LogP contribution in [0.3, 0.4) is 0 Å². The van der Waals surface area contributed by atoms with Gasteiger partial charge in [-0.1, -0.05) is 23.7 Å². The molecule has 1 fully saturated rings. The van der Waals surface area contributed by atoms with Crippen LogP contribution in [0.15, 0.2) is 47.9 Å². The van der Waals surface area contributed by atoms with Crippen molar-refractivity contribution in [3.8, 4) is 11.5 Å². The molecule has 0 bridgehead atoms. The zero-order chi connectivity index (χ0) is 23.4. The number of halogens is 1. The molecular weight excluding hydrogens is 452 g/mol. The summed E-state index contributed by atoms with van der Waals surface area (Å²) in [6.07, 6.45) is 3.55. The Kier molecular flexibility index (Phi) is 7.27. The number of phenols is 1. The van der Waals surface area contributed by atoms with Gasteiger partial charge in [0.25, 0.3) is 11.1 Å². The highest BCUT2D eigenvalue weighted by atomic mass is 35.5. The fourth-order valence-electron chi connectivity index (χ4n) is 3.09. The smallest absolute Gasteiger partial charge is 0.294 e. The van der Waals surface area contributed by atoms with Crippen LogP contribution in [0.4, 0.5) is 10.5 Å². The Morgan fingerprint density at radius 3 is 2.75 bits per heavy atom.